The van der Waals surface area contributed by atoms with Crippen LogP contribution in [-0.2, 0) is 5.41 Å². The molecule has 2 aromatic rings. The largest absolute Gasteiger partial charge is 0.0622 e. The third-order valence-corrected chi connectivity index (χ3v) is 6.99. The molecule has 126 valence electrons. The summed E-state index contributed by atoms with van der Waals surface area (Å²) in [4.78, 5) is 0. The molecule has 0 saturated heterocycles. The molecule has 3 unspecified atom stereocenters. The Bertz CT molecular complexity index is 603. The van der Waals surface area contributed by atoms with E-state index in [4.69, 9.17) is 0 Å². The van der Waals surface area contributed by atoms with E-state index in [0.29, 0.717) is 5.92 Å². The molecular weight excluding hydrogens is 288 g/mol. The van der Waals surface area contributed by atoms with Gasteiger partial charge in [-0.05, 0) is 41.7 Å². The van der Waals surface area contributed by atoms with Crippen LogP contribution in [0.1, 0.15) is 63.0 Å². The fourth-order valence-electron chi connectivity index (χ4n) is 6.02. The lowest BCUT2D eigenvalue weighted by Crippen LogP contribution is -2.45. The van der Waals surface area contributed by atoms with E-state index >= 15 is 0 Å². The SMILES string of the molecule is CC1CCCCC2CCCC2C1(c1ccccc1)c1ccccc1. The van der Waals surface area contributed by atoms with Crippen LogP contribution >= 0.6 is 0 Å². The predicted octanol–water partition coefficient (Wildman–Crippen LogP) is 6.60. The monoisotopic (exact) mass is 318 g/mol. The highest BCUT2D eigenvalue weighted by Gasteiger charge is 2.50. The van der Waals surface area contributed by atoms with Gasteiger partial charge in [0, 0.05) is 5.41 Å². The summed E-state index contributed by atoms with van der Waals surface area (Å²) in [6.07, 6.45) is 9.89. The average Bonchev–Trinajstić information content (AvgIpc) is 3.08. The van der Waals surface area contributed by atoms with Gasteiger partial charge in [0.2, 0.25) is 0 Å². The van der Waals surface area contributed by atoms with Crippen molar-refractivity contribution in [1.82, 2.24) is 0 Å². The van der Waals surface area contributed by atoms with Crippen LogP contribution in [0.4, 0.5) is 0 Å². The van der Waals surface area contributed by atoms with Crippen LogP contribution in [-0.4, -0.2) is 0 Å². The average molecular weight is 319 g/mol. The van der Waals surface area contributed by atoms with Crippen molar-refractivity contribution in [2.75, 3.05) is 0 Å². The highest BCUT2D eigenvalue weighted by molar-refractivity contribution is 5.42. The molecule has 2 fully saturated rings. The predicted molar refractivity (Wildman–Crippen MR) is 102 cm³/mol. The second kappa shape index (κ2) is 6.75. The topological polar surface area (TPSA) is 0 Å². The smallest absolute Gasteiger partial charge is 0.0259 e. The normalized spacial score (nSPS) is 29.5. The maximum absolute atomic E-state index is 2.53. The van der Waals surface area contributed by atoms with Crippen LogP contribution in [0, 0.1) is 17.8 Å². The Kier molecular flexibility index (Phi) is 4.48. The summed E-state index contributed by atoms with van der Waals surface area (Å²) in [5.41, 5.74) is 3.31. The molecule has 4 rings (SSSR count). The third kappa shape index (κ3) is 2.51. The molecule has 2 aromatic carbocycles. The van der Waals surface area contributed by atoms with Gasteiger partial charge in [-0.3, -0.25) is 0 Å². The first-order chi connectivity index (χ1) is 11.8. The molecule has 3 atom stereocenters. The fraction of sp³-hybridized carbons (Fsp3) is 0.500. The molecule has 0 radical (unpaired) electrons. The standard InChI is InChI=1S/C24H30/c1-19-11-8-9-12-20-13-10-18-23(20)24(19,21-14-4-2-5-15-21)22-16-6-3-7-17-22/h2-7,14-17,19-20,23H,8-13,18H2,1H3. The van der Waals surface area contributed by atoms with Crippen molar-refractivity contribution in [1.29, 1.82) is 0 Å². The summed E-state index contributed by atoms with van der Waals surface area (Å²) in [7, 11) is 0. The molecule has 24 heavy (non-hydrogen) atoms. The minimum absolute atomic E-state index is 0.199. The second-order valence-electron chi connectivity index (χ2n) is 8.08. The van der Waals surface area contributed by atoms with E-state index in [1.165, 1.54) is 44.9 Å². The Hall–Kier alpha value is -1.56. The highest BCUT2D eigenvalue weighted by Crippen LogP contribution is 2.56. The highest BCUT2D eigenvalue weighted by atomic mass is 14.5. The van der Waals surface area contributed by atoms with E-state index in [-0.39, 0.29) is 5.41 Å². The molecule has 2 aliphatic carbocycles. The molecule has 0 nitrogen and oxygen atoms in total. The number of hydrogen-bond donors (Lipinski definition) is 0. The zero-order valence-electron chi connectivity index (χ0n) is 15.0. The van der Waals surface area contributed by atoms with Gasteiger partial charge in [0.05, 0.1) is 0 Å². The van der Waals surface area contributed by atoms with Gasteiger partial charge in [-0.2, -0.15) is 0 Å². The van der Waals surface area contributed by atoms with Crippen LogP contribution in [0.2, 0.25) is 0 Å². The van der Waals surface area contributed by atoms with Crippen molar-refractivity contribution >= 4 is 0 Å². The zero-order valence-corrected chi connectivity index (χ0v) is 15.0. The summed E-state index contributed by atoms with van der Waals surface area (Å²) >= 11 is 0. The minimum atomic E-state index is 0.199. The van der Waals surface area contributed by atoms with Gasteiger partial charge in [-0.15, -0.1) is 0 Å². The summed E-state index contributed by atoms with van der Waals surface area (Å²) in [5, 5.41) is 0. The summed E-state index contributed by atoms with van der Waals surface area (Å²) in [6, 6.07) is 22.9. The van der Waals surface area contributed by atoms with Gasteiger partial charge >= 0.3 is 0 Å². The Morgan fingerprint density at radius 3 is 1.83 bits per heavy atom. The van der Waals surface area contributed by atoms with E-state index < -0.39 is 0 Å². The molecule has 0 heterocycles. The third-order valence-electron chi connectivity index (χ3n) is 6.99. The summed E-state index contributed by atoms with van der Waals surface area (Å²) in [6.45, 7) is 2.53. The van der Waals surface area contributed by atoms with Gasteiger partial charge in [-0.1, -0.05) is 99.7 Å². The number of rotatable bonds is 2. The Labute approximate surface area is 147 Å². The Balaban J connectivity index is 1.95. The molecule has 2 aliphatic rings. The lowest BCUT2D eigenvalue weighted by molar-refractivity contribution is 0.146. The van der Waals surface area contributed by atoms with Crippen molar-refractivity contribution in [2.24, 2.45) is 17.8 Å². The first-order valence-corrected chi connectivity index (χ1v) is 9.94. The molecule has 0 spiro atoms. The maximum Gasteiger partial charge on any atom is 0.0259 e. The second-order valence-corrected chi connectivity index (χ2v) is 8.08. The lowest BCUT2D eigenvalue weighted by Gasteiger charge is -2.49. The Morgan fingerprint density at radius 1 is 0.667 bits per heavy atom. The number of benzene rings is 2. The van der Waals surface area contributed by atoms with Crippen molar-refractivity contribution < 1.29 is 0 Å². The lowest BCUT2D eigenvalue weighted by atomic mass is 9.54. The molecule has 2 saturated carbocycles. The first-order valence-electron chi connectivity index (χ1n) is 9.94. The molecule has 0 aromatic heterocycles. The van der Waals surface area contributed by atoms with Crippen molar-refractivity contribution in [3.05, 3.63) is 71.8 Å². The van der Waals surface area contributed by atoms with Gasteiger partial charge in [0.25, 0.3) is 0 Å². The quantitative estimate of drug-likeness (QED) is 0.585. The van der Waals surface area contributed by atoms with Crippen LogP contribution in [0.5, 0.6) is 0 Å². The summed E-state index contributed by atoms with van der Waals surface area (Å²) < 4.78 is 0. The molecule has 0 N–H and O–H groups in total. The van der Waals surface area contributed by atoms with Gasteiger partial charge in [0.15, 0.2) is 0 Å². The zero-order chi connectivity index (χ0) is 16.4. The molecular formula is C24H30. The van der Waals surface area contributed by atoms with Crippen molar-refractivity contribution in [3.63, 3.8) is 0 Å². The minimum Gasteiger partial charge on any atom is -0.0622 e. The van der Waals surface area contributed by atoms with E-state index in [1.54, 1.807) is 11.1 Å². The van der Waals surface area contributed by atoms with Crippen molar-refractivity contribution in [3.8, 4) is 0 Å². The van der Waals surface area contributed by atoms with E-state index in [9.17, 15) is 0 Å². The van der Waals surface area contributed by atoms with Crippen LogP contribution in [0.3, 0.4) is 0 Å². The van der Waals surface area contributed by atoms with Gasteiger partial charge in [-0.25, -0.2) is 0 Å². The van der Waals surface area contributed by atoms with E-state index in [1.807, 2.05) is 0 Å². The molecule has 0 heteroatoms. The molecule has 0 bridgehead atoms. The summed E-state index contributed by atoms with van der Waals surface area (Å²) in [5.74, 6) is 2.42. The molecule has 0 aliphatic heterocycles. The van der Waals surface area contributed by atoms with Crippen LogP contribution in [0.15, 0.2) is 60.7 Å². The Morgan fingerprint density at radius 2 is 1.21 bits per heavy atom. The van der Waals surface area contributed by atoms with Crippen LogP contribution < -0.4 is 0 Å². The van der Waals surface area contributed by atoms with E-state index in [0.717, 1.165) is 11.8 Å². The number of hydrogen-bond acceptors (Lipinski definition) is 0. The van der Waals surface area contributed by atoms with Crippen LogP contribution in [0.25, 0.3) is 0 Å². The van der Waals surface area contributed by atoms with Gasteiger partial charge in [0.1, 0.15) is 0 Å². The molecule has 0 amide bonds. The van der Waals surface area contributed by atoms with E-state index in [2.05, 4.69) is 67.6 Å². The van der Waals surface area contributed by atoms with Crippen molar-refractivity contribution in [2.45, 2.75) is 57.3 Å². The van der Waals surface area contributed by atoms with Gasteiger partial charge < -0.3 is 0 Å². The fourth-order valence-corrected chi connectivity index (χ4v) is 6.02. The first kappa shape index (κ1) is 15.9. The maximum atomic E-state index is 2.53. The number of fused-ring (bicyclic) bond motifs is 1.